The van der Waals surface area contributed by atoms with Gasteiger partial charge in [0, 0.05) is 0 Å². The summed E-state index contributed by atoms with van der Waals surface area (Å²) in [5.74, 6) is 0. The maximum absolute atomic E-state index is 2.31. The highest BCUT2D eigenvalue weighted by Crippen LogP contribution is 2.29. The van der Waals surface area contributed by atoms with Gasteiger partial charge in [-0.3, -0.25) is 0 Å². The van der Waals surface area contributed by atoms with E-state index in [4.69, 9.17) is 0 Å². The summed E-state index contributed by atoms with van der Waals surface area (Å²) in [6, 6.07) is 9.12. The fourth-order valence-corrected chi connectivity index (χ4v) is 3.64. The Hall–Kier alpha value is -1.56. The second-order valence-corrected chi connectivity index (χ2v) is 10.0. The van der Waals surface area contributed by atoms with Crippen molar-refractivity contribution in [3.05, 3.63) is 68.8 Å². The molecule has 0 unspecified atom stereocenters. The van der Waals surface area contributed by atoms with Crippen LogP contribution in [0.5, 0.6) is 0 Å². The third kappa shape index (κ3) is 7.46. The summed E-state index contributed by atoms with van der Waals surface area (Å²) in [5, 5.41) is 0. The van der Waals surface area contributed by atoms with Crippen LogP contribution >= 0.6 is 0 Å². The van der Waals surface area contributed by atoms with E-state index < -0.39 is 0 Å². The van der Waals surface area contributed by atoms with E-state index in [1.165, 1.54) is 44.5 Å². The molecule has 0 aromatic heterocycles. The molecule has 0 N–H and O–H groups in total. The molecule has 0 aliphatic heterocycles. The van der Waals surface area contributed by atoms with Crippen molar-refractivity contribution in [3.63, 3.8) is 0 Å². The van der Waals surface area contributed by atoms with Crippen molar-refractivity contribution < 1.29 is 0 Å². The Morgan fingerprint density at radius 1 is 0.464 bits per heavy atom. The first-order valence-electron chi connectivity index (χ1n) is 10.8. The van der Waals surface area contributed by atoms with Crippen LogP contribution in [0.3, 0.4) is 0 Å². The molecule has 0 bridgehead atoms. The van der Waals surface area contributed by atoms with Gasteiger partial charge in [-0.2, -0.15) is 0 Å². The van der Waals surface area contributed by atoms with E-state index in [9.17, 15) is 0 Å². The lowest BCUT2D eigenvalue weighted by atomic mass is 9.82. The summed E-state index contributed by atoms with van der Waals surface area (Å²) in [7, 11) is 0. The van der Waals surface area contributed by atoms with Crippen molar-refractivity contribution in [2.45, 2.75) is 108 Å². The number of rotatable bonds is 0. The van der Waals surface area contributed by atoms with Crippen LogP contribution in [0.2, 0.25) is 0 Å². The van der Waals surface area contributed by atoms with Crippen molar-refractivity contribution in [1.82, 2.24) is 0 Å². The molecule has 0 aliphatic carbocycles. The molecular formula is C28H46. The van der Waals surface area contributed by atoms with Gasteiger partial charge >= 0.3 is 0 Å². The van der Waals surface area contributed by atoms with E-state index in [2.05, 4.69) is 107 Å². The first-order chi connectivity index (χ1) is 12.6. The average Bonchev–Trinajstić information content (AvgIpc) is 2.54. The van der Waals surface area contributed by atoms with Crippen LogP contribution in [0, 0.1) is 41.5 Å². The smallest absolute Gasteiger partial charge is 0.0129 e. The van der Waals surface area contributed by atoms with Gasteiger partial charge in [0.1, 0.15) is 0 Å². The van der Waals surface area contributed by atoms with Crippen molar-refractivity contribution in [2.24, 2.45) is 0 Å². The van der Waals surface area contributed by atoms with Gasteiger partial charge in [-0.05, 0) is 85.8 Å². The Kier molecular flexibility index (Phi) is 9.71. The fourth-order valence-electron chi connectivity index (χ4n) is 3.64. The minimum atomic E-state index is 0.265. The van der Waals surface area contributed by atoms with Crippen molar-refractivity contribution in [2.75, 3.05) is 0 Å². The molecule has 0 amide bonds. The molecule has 28 heavy (non-hydrogen) atoms. The molecule has 0 nitrogen and oxygen atoms in total. The number of hydrogen-bond acceptors (Lipinski definition) is 0. The maximum atomic E-state index is 2.31. The monoisotopic (exact) mass is 382 g/mol. The Morgan fingerprint density at radius 3 is 0.929 bits per heavy atom. The highest BCUT2D eigenvalue weighted by Gasteiger charge is 2.18. The van der Waals surface area contributed by atoms with Crippen LogP contribution < -0.4 is 0 Å². The topological polar surface area (TPSA) is 0 Å². The molecule has 0 aliphatic rings. The summed E-state index contributed by atoms with van der Waals surface area (Å²) in [5.41, 5.74) is 11.9. The summed E-state index contributed by atoms with van der Waals surface area (Å²) in [6.07, 6.45) is 0. The van der Waals surface area contributed by atoms with E-state index in [1.54, 1.807) is 0 Å². The molecule has 0 heteroatoms. The Bertz CT molecular complexity index is 695. The Morgan fingerprint density at radius 2 is 0.714 bits per heavy atom. The van der Waals surface area contributed by atoms with Crippen molar-refractivity contribution >= 4 is 0 Å². The molecule has 2 aromatic carbocycles. The zero-order chi connectivity index (χ0) is 22.4. The lowest BCUT2D eigenvalue weighted by molar-refractivity contribution is 0.584. The van der Waals surface area contributed by atoms with Gasteiger partial charge in [-0.15, -0.1) is 0 Å². The van der Waals surface area contributed by atoms with E-state index in [-0.39, 0.29) is 10.8 Å². The summed E-state index contributed by atoms with van der Waals surface area (Å²) >= 11 is 0. The molecule has 0 fully saturated rings. The molecule has 158 valence electrons. The predicted octanol–water partition coefficient (Wildman–Crippen LogP) is 8.84. The molecule has 0 atom stereocenters. The predicted molar refractivity (Wildman–Crippen MR) is 130 cm³/mol. The summed E-state index contributed by atoms with van der Waals surface area (Å²) in [6.45, 7) is 30.8. The number of benzene rings is 2. The fraction of sp³-hybridized carbons (Fsp3) is 0.571. The molecule has 0 spiro atoms. The number of aryl methyl sites for hydroxylation is 4. The van der Waals surface area contributed by atoms with E-state index in [0.717, 1.165) is 0 Å². The normalized spacial score (nSPS) is 11.2. The van der Waals surface area contributed by atoms with Gasteiger partial charge in [-0.25, -0.2) is 0 Å². The SMILES string of the molecule is CC.Cc1cc(C)c(C)c(C(C)(C)C)c1.Cc1cc(C)c(C)c(C(C)(C)C)c1. The van der Waals surface area contributed by atoms with Gasteiger partial charge in [0.15, 0.2) is 0 Å². The maximum Gasteiger partial charge on any atom is -0.0129 e. The highest BCUT2D eigenvalue weighted by molar-refractivity contribution is 5.41. The Labute approximate surface area is 176 Å². The minimum Gasteiger partial charge on any atom is -0.0683 e. The van der Waals surface area contributed by atoms with Crippen LogP contribution in [-0.2, 0) is 10.8 Å². The van der Waals surface area contributed by atoms with Gasteiger partial charge < -0.3 is 0 Å². The highest BCUT2D eigenvalue weighted by atomic mass is 14.2. The Balaban J connectivity index is 0.000000478. The molecule has 2 aromatic rings. The van der Waals surface area contributed by atoms with Crippen molar-refractivity contribution in [1.29, 1.82) is 0 Å². The van der Waals surface area contributed by atoms with Crippen LogP contribution in [0.15, 0.2) is 24.3 Å². The van der Waals surface area contributed by atoms with E-state index in [1.807, 2.05) is 13.8 Å². The molecule has 2 rings (SSSR count). The molecule has 0 saturated heterocycles. The quantitative estimate of drug-likeness (QED) is 0.427. The average molecular weight is 383 g/mol. The van der Waals surface area contributed by atoms with Gasteiger partial charge in [-0.1, -0.05) is 90.8 Å². The molecule has 0 radical (unpaired) electrons. The number of hydrogen-bond donors (Lipinski definition) is 0. The van der Waals surface area contributed by atoms with Crippen LogP contribution in [0.25, 0.3) is 0 Å². The van der Waals surface area contributed by atoms with Crippen LogP contribution in [0.1, 0.15) is 99.9 Å². The summed E-state index contributed by atoms with van der Waals surface area (Å²) in [4.78, 5) is 0. The lowest BCUT2D eigenvalue weighted by Crippen LogP contribution is -2.14. The van der Waals surface area contributed by atoms with Gasteiger partial charge in [0.05, 0.1) is 0 Å². The van der Waals surface area contributed by atoms with Crippen molar-refractivity contribution in [3.8, 4) is 0 Å². The third-order valence-corrected chi connectivity index (χ3v) is 5.24. The zero-order valence-electron chi connectivity index (χ0n) is 21.3. The van der Waals surface area contributed by atoms with Gasteiger partial charge in [0.25, 0.3) is 0 Å². The van der Waals surface area contributed by atoms with E-state index >= 15 is 0 Å². The largest absolute Gasteiger partial charge is 0.0683 e. The van der Waals surface area contributed by atoms with Gasteiger partial charge in [0.2, 0.25) is 0 Å². The third-order valence-electron chi connectivity index (χ3n) is 5.24. The second kappa shape index (κ2) is 10.3. The first kappa shape index (κ1) is 26.4. The molecular weight excluding hydrogens is 336 g/mol. The standard InChI is InChI=1S/2C13H20.C2H6/c2*1-9-7-10(2)11(3)12(8-9)13(4,5)6;1-2/h2*7-8H,1-6H3;1-2H3. The molecule has 0 heterocycles. The second-order valence-electron chi connectivity index (χ2n) is 10.0. The van der Waals surface area contributed by atoms with Crippen LogP contribution in [0.4, 0.5) is 0 Å². The summed E-state index contributed by atoms with van der Waals surface area (Å²) < 4.78 is 0. The van der Waals surface area contributed by atoms with Crippen LogP contribution in [-0.4, -0.2) is 0 Å². The minimum absolute atomic E-state index is 0.265. The van der Waals surface area contributed by atoms with E-state index in [0.29, 0.717) is 0 Å². The first-order valence-corrected chi connectivity index (χ1v) is 10.8. The zero-order valence-corrected chi connectivity index (χ0v) is 21.3. The lowest BCUT2D eigenvalue weighted by Gasteiger charge is -2.23. The molecule has 0 saturated carbocycles.